The number of hydrogen-bond acceptors (Lipinski definition) is 10. The fourth-order valence-electron chi connectivity index (χ4n) is 4.76. The molecule has 1 aromatic carbocycles. The van der Waals surface area contributed by atoms with Crippen LogP contribution < -0.4 is 4.74 Å². The molecular formula is C38H68O10. The number of ether oxygens (including phenoxy) is 9. The Hall–Kier alpha value is -1.79. The SMILES string of the molecule is CCCCCCCCc1ccc(OCCOCCOCCOCCOCCOCCOCCOCCOC(=O)C(CC)CCCC)cc1. The van der Waals surface area contributed by atoms with Crippen LogP contribution in [0, 0.1) is 5.92 Å². The Balaban J connectivity index is 1.75. The smallest absolute Gasteiger partial charge is 0.308 e. The van der Waals surface area contributed by atoms with Crippen molar-refractivity contribution in [2.45, 2.75) is 91.4 Å². The Morgan fingerprint density at radius 2 is 0.917 bits per heavy atom. The highest BCUT2D eigenvalue weighted by atomic mass is 16.6. The lowest BCUT2D eigenvalue weighted by atomic mass is 10.00. The molecule has 0 aliphatic rings. The molecule has 48 heavy (non-hydrogen) atoms. The molecule has 1 atom stereocenters. The molecule has 0 aromatic heterocycles. The molecule has 280 valence electrons. The fraction of sp³-hybridized carbons (Fsp3) is 0.816. The van der Waals surface area contributed by atoms with Crippen LogP contribution in [0.2, 0.25) is 0 Å². The highest BCUT2D eigenvalue weighted by molar-refractivity contribution is 5.72. The highest BCUT2D eigenvalue weighted by Crippen LogP contribution is 2.16. The lowest BCUT2D eigenvalue weighted by Crippen LogP contribution is -2.20. The molecule has 0 aliphatic carbocycles. The standard InChI is InChI=1S/C38H68O10/c1-4-7-9-10-11-12-13-35-15-17-37(18-16-35)47-33-31-45-29-27-43-25-23-41-21-19-40-20-22-42-24-26-44-28-30-46-32-34-48-38(39)36(6-3)14-8-5-2/h15-18,36H,4-14,19-34H2,1-3H3. The molecule has 0 fully saturated rings. The van der Waals surface area contributed by atoms with Crippen molar-refractivity contribution in [3.05, 3.63) is 29.8 Å². The van der Waals surface area contributed by atoms with Crippen molar-refractivity contribution in [3.63, 3.8) is 0 Å². The number of rotatable bonds is 37. The van der Waals surface area contributed by atoms with Gasteiger partial charge in [0.25, 0.3) is 0 Å². The second-order valence-electron chi connectivity index (χ2n) is 11.7. The van der Waals surface area contributed by atoms with Gasteiger partial charge in [-0.05, 0) is 43.4 Å². The molecule has 0 saturated carbocycles. The summed E-state index contributed by atoms with van der Waals surface area (Å²) in [5.41, 5.74) is 1.38. The van der Waals surface area contributed by atoms with Gasteiger partial charge in [0.2, 0.25) is 0 Å². The van der Waals surface area contributed by atoms with E-state index in [1.54, 1.807) is 0 Å². The minimum Gasteiger partial charge on any atom is -0.491 e. The predicted octanol–water partition coefficient (Wildman–Crippen LogP) is 6.84. The zero-order valence-electron chi connectivity index (χ0n) is 30.6. The van der Waals surface area contributed by atoms with E-state index in [0.717, 1.165) is 37.9 Å². The Morgan fingerprint density at radius 3 is 1.38 bits per heavy atom. The number of carbonyl (C=O) groups is 1. The molecule has 0 bridgehead atoms. The van der Waals surface area contributed by atoms with Crippen molar-refractivity contribution in [2.75, 3.05) is 106 Å². The number of unbranched alkanes of at least 4 members (excludes halogenated alkanes) is 6. The molecule has 0 radical (unpaired) electrons. The average Bonchev–Trinajstić information content (AvgIpc) is 3.10. The maximum Gasteiger partial charge on any atom is 0.308 e. The van der Waals surface area contributed by atoms with Crippen LogP contribution in [-0.2, 0) is 49.1 Å². The van der Waals surface area contributed by atoms with Gasteiger partial charge in [-0.25, -0.2) is 0 Å². The number of esters is 1. The maximum absolute atomic E-state index is 12.0. The second kappa shape index (κ2) is 35.1. The molecule has 10 heteroatoms. The van der Waals surface area contributed by atoms with E-state index in [2.05, 4.69) is 26.0 Å². The van der Waals surface area contributed by atoms with E-state index >= 15 is 0 Å². The third-order valence-electron chi connectivity index (χ3n) is 7.68. The first-order chi connectivity index (χ1) is 23.7. The lowest BCUT2D eigenvalue weighted by Gasteiger charge is -2.13. The van der Waals surface area contributed by atoms with Gasteiger partial charge in [-0.15, -0.1) is 0 Å². The van der Waals surface area contributed by atoms with E-state index < -0.39 is 0 Å². The van der Waals surface area contributed by atoms with Gasteiger partial charge in [0.05, 0.1) is 98.4 Å². The van der Waals surface area contributed by atoms with Crippen molar-refractivity contribution in [3.8, 4) is 5.75 Å². The zero-order chi connectivity index (χ0) is 34.6. The van der Waals surface area contributed by atoms with Crippen LogP contribution in [-0.4, -0.2) is 112 Å². The number of carbonyl (C=O) groups excluding carboxylic acids is 1. The van der Waals surface area contributed by atoms with Crippen molar-refractivity contribution < 1.29 is 47.4 Å². The van der Waals surface area contributed by atoms with E-state index in [-0.39, 0.29) is 18.5 Å². The van der Waals surface area contributed by atoms with Gasteiger partial charge in [0.15, 0.2) is 0 Å². The summed E-state index contributed by atoms with van der Waals surface area (Å²) in [6.45, 7) is 14.1. The normalized spacial score (nSPS) is 12.0. The number of aryl methyl sites for hydroxylation is 1. The molecule has 1 rings (SSSR count). The van der Waals surface area contributed by atoms with Crippen LogP contribution in [0.3, 0.4) is 0 Å². The van der Waals surface area contributed by atoms with Crippen LogP contribution in [0.5, 0.6) is 5.75 Å². The van der Waals surface area contributed by atoms with Gasteiger partial charge in [0.1, 0.15) is 19.0 Å². The summed E-state index contributed by atoms with van der Waals surface area (Å²) in [7, 11) is 0. The van der Waals surface area contributed by atoms with E-state index in [0.29, 0.717) is 99.1 Å². The van der Waals surface area contributed by atoms with E-state index in [4.69, 9.17) is 42.6 Å². The van der Waals surface area contributed by atoms with Crippen LogP contribution in [0.4, 0.5) is 0 Å². The van der Waals surface area contributed by atoms with Crippen molar-refractivity contribution in [1.82, 2.24) is 0 Å². The molecule has 0 saturated heterocycles. The molecule has 0 spiro atoms. The lowest BCUT2D eigenvalue weighted by molar-refractivity contribution is -0.150. The van der Waals surface area contributed by atoms with E-state index in [1.807, 2.05) is 19.1 Å². The third kappa shape index (κ3) is 28.1. The average molecular weight is 685 g/mol. The van der Waals surface area contributed by atoms with Crippen LogP contribution in [0.15, 0.2) is 24.3 Å². The molecule has 10 nitrogen and oxygen atoms in total. The quantitative estimate of drug-likeness (QED) is 0.0547. The van der Waals surface area contributed by atoms with Crippen LogP contribution in [0.1, 0.15) is 90.5 Å². The molecule has 0 heterocycles. The van der Waals surface area contributed by atoms with Gasteiger partial charge in [-0.1, -0.05) is 77.8 Å². The first-order valence-electron chi connectivity index (χ1n) is 18.6. The predicted molar refractivity (Wildman–Crippen MR) is 189 cm³/mol. The summed E-state index contributed by atoms with van der Waals surface area (Å²) in [4.78, 5) is 12.0. The Labute approximate surface area is 291 Å². The van der Waals surface area contributed by atoms with Crippen LogP contribution >= 0.6 is 0 Å². The highest BCUT2D eigenvalue weighted by Gasteiger charge is 2.16. The van der Waals surface area contributed by atoms with E-state index in [1.165, 1.54) is 44.1 Å². The fourth-order valence-corrected chi connectivity index (χ4v) is 4.76. The van der Waals surface area contributed by atoms with Gasteiger partial charge < -0.3 is 42.6 Å². The Bertz CT molecular complexity index is 807. The Kier molecular flexibility index (Phi) is 32.3. The third-order valence-corrected chi connectivity index (χ3v) is 7.68. The summed E-state index contributed by atoms with van der Waals surface area (Å²) in [5, 5.41) is 0. The largest absolute Gasteiger partial charge is 0.491 e. The molecule has 0 aliphatic heterocycles. The second-order valence-corrected chi connectivity index (χ2v) is 11.7. The first-order valence-corrected chi connectivity index (χ1v) is 18.6. The number of hydrogen-bond donors (Lipinski definition) is 0. The first kappa shape index (κ1) is 44.2. The summed E-state index contributed by atoms with van der Waals surface area (Å²) in [5.74, 6) is 0.769. The zero-order valence-corrected chi connectivity index (χ0v) is 30.6. The van der Waals surface area contributed by atoms with Gasteiger partial charge in [-0.2, -0.15) is 0 Å². The summed E-state index contributed by atoms with van der Waals surface area (Å²) in [6.07, 6.45) is 12.9. The molecule has 1 unspecified atom stereocenters. The summed E-state index contributed by atoms with van der Waals surface area (Å²) in [6, 6.07) is 8.43. The van der Waals surface area contributed by atoms with Crippen molar-refractivity contribution in [1.29, 1.82) is 0 Å². The van der Waals surface area contributed by atoms with E-state index in [9.17, 15) is 4.79 Å². The Morgan fingerprint density at radius 1 is 0.500 bits per heavy atom. The van der Waals surface area contributed by atoms with Gasteiger partial charge >= 0.3 is 5.97 Å². The van der Waals surface area contributed by atoms with Gasteiger partial charge in [0, 0.05) is 0 Å². The number of benzene rings is 1. The molecule has 0 amide bonds. The maximum atomic E-state index is 12.0. The van der Waals surface area contributed by atoms with Crippen molar-refractivity contribution in [2.24, 2.45) is 5.92 Å². The molecule has 0 N–H and O–H groups in total. The topological polar surface area (TPSA) is 100 Å². The molecule has 1 aromatic rings. The van der Waals surface area contributed by atoms with Gasteiger partial charge in [-0.3, -0.25) is 4.79 Å². The van der Waals surface area contributed by atoms with Crippen molar-refractivity contribution >= 4 is 5.97 Å². The minimum absolute atomic E-state index is 0.000189. The summed E-state index contributed by atoms with van der Waals surface area (Å²) < 4.78 is 49.6. The monoisotopic (exact) mass is 684 g/mol. The van der Waals surface area contributed by atoms with Crippen LogP contribution in [0.25, 0.3) is 0 Å². The minimum atomic E-state index is -0.116. The molecular weight excluding hydrogens is 616 g/mol. The summed E-state index contributed by atoms with van der Waals surface area (Å²) >= 11 is 0.